The van der Waals surface area contributed by atoms with Gasteiger partial charge in [0, 0.05) is 30.7 Å². The van der Waals surface area contributed by atoms with Crippen molar-refractivity contribution in [2.45, 2.75) is 30.8 Å². The lowest BCUT2D eigenvalue weighted by molar-refractivity contribution is -0.133. The van der Waals surface area contributed by atoms with Gasteiger partial charge in [-0.25, -0.2) is 8.42 Å². The third-order valence-electron chi connectivity index (χ3n) is 5.43. The van der Waals surface area contributed by atoms with Gasteiger partial charge >= 0.3 is 0 Å². The molecule has 4 rings (SSSR count). The van der Waals surface area contributed by atoms with Crippen molar-refractivity contribution in [2.24, 2.45) is 0 Å². The Kier molecular flexibility index (Phi) is 6.01. The summed E-state index contributed by atoms with van der Waals surface area (Å²) in [5.74, 6) is 0.0455. The zero-order valence-corrected chi connectivity index (χ0v) is 19.1. The molecule has 6 nitrogen and oxygen atoms in total. The molecule has 2 heterocycles. The first-order chi connectivity index (χ1) is 14.7. The molecule has 0 spiro atoms. The molecule has 1 N–H and O–H groups in total. The smallest absolute Gasteiger partial charge is 0.261 e. The largest absolute Gasteiger partial charge is 0.348 e. The van der Waals surface area contributed by atoms with Gasteiger partial charge in [-0.2, -0.15) is 0 Å². The van der Waals surface area contributed by atoms with Crippen LogP contribution in [0, 0.1) is 0 Å². The van der Waals surface area contributed by atoms with Gasteiger partial charge in [0.25, 0.3) is 10.0 Å². The minimum absolute atomic E-state index is 0.0185. The lowest BCUT2D eigenvalue weighted by atomic mass is 10.1. The quantitative estimate of drug-likeness (QED) is 0.576. The lowest BCUT2D eigenvalue weighted by Gasteiger charge is -2.35. The molecular formula is C22H21Cl2N3O3S. The minimum Gasteiger partial charge on any atom is -0.348 e. The molecule has 1 amide bonds. The molecular weight excluding hydrogens is 457 g/mol. The van der Waals surface area contributed by atoms with Crippen LogP contribution in [0.25, 0.3) is 0 Å². The fraction of sp³-hybridized carbons (Fsp3) is 0.227. The molecule has 0 bridgehead atoms. The average molecular weight is 478 g/mol. The highest BCUT2D eigenvalue weighted by atomic mass is 35.5. The molecule has 0 aliphatic carbocycles. The summed E-state index contributed by atoms with van der Waals surface area (Å²) >= 11 is 11.8. The molecule has 0 radical (unpaired) electrons. The van der Waals surface area contributed by atoms with E-state index in [1.54, 1.807) is 24.3 Å². The van der Waals surface area contributed by atoms with E-state index in [9.17, 15) is 13.2 Å². The van der Waals surface area contributed by atoms with Crippen molar-refractivity contribution in [1.82, 2.24) is 9.47 Å². The van der Waals surface area contributed by atoms with Crippen LogP contribution in [-0.2, 0) is 27.8 Å². The molecule has 1 unspecified atom stereocenters. The van der Waals surface area contributed by atoms with E-state index in [2.05, 4.69) is 9.29 Å². The Morgan fingerprint density at radius 1 is 1.06 bits per heavy atom. The van der Waals surface area contributed by atoms with E-state index in [1.165, 1.54) is 18.2 Å². The standard InChI is InChI=1S/C22H21Cl2N3O3S/c1-15-21-3-2-10-26(21)11-12-27(15)22(28)13-16-4-6-17(7-5-16)25-31(29,30)18-8-9-19(23)20(24)14-18/h2-10,14-15,25H,11-13H2,1H3. The highest BCUT2D eigenvalue weighted by molar-refractivity contribution is 7.92. The van der Waals surface area contributed by atoms with E-state index in [1.807, 2.05) is 30.2 Å². The summed E-state index contributed by atoms with van der Waals surface area (Å²) in [6.45, 7) is 3.49. The van der Waals surface area contributed by atoms with Crippen LogP contribution >= 0.6 is 23.2 Å². The molecule has 1 atom stereocenters. The monoisotopic (exact) mass is 477 g/mol. The average Bonchev–Trinajstić information content (AvgIpc) is 3.21. The number of halogens is 2. The van der Waals surface area contributed by atoms with Crippen molar-refractivity contribution in [3.63, 3.8) is 0 Å². The summed E-state index contributed by atoms with van der Waals surface area (Å²) in [6.07, 6.45) is 2.29. The molecule has 9 heteroatoms. The number of benzene rings is 2. The predicted octanol–water partition coefficient (Wildman–Crippen LogP) is 4.74. The van der Waals surface area contributed by atoms with Crippen molar-refractivity contribution in [3.8, 4) is 0 Å². The van der Waals surface area contributed by atoms with Gasteiger partial charge in [0.1, 0.15) is 0 Å². The summed E-state index contributed by atoms with van der Waals surface area (Å²) < 4.78 is 29.8. The van der Waals surface area contributed by atoms with Gasteiger partial charge in [0.2, 0.25) is 5.91 Å². The molecule has 0 saturated carbocycles. The van der Waals surface area contributed by atoms with Crippen molar-refractivity contribution in [2.75, 3.05) is 11.3 Å². The zero-order valence-electron chi connectivity index (χ0n) is 16.8. The topological polar surface area (TPSA) is 71.4 Å². The molecule has 1 aliphatic heterocycles. The third-order valence-corrected chi connectivity index (χ3v) is 7.54. The summed E-state index contributed by atoms with van der Waals surface area (Å²) in [5, 5.41) is 0.448. The summed E-state index contributed by atoms with van der Waals surface area (Å²) in [7, 11) is -3.81. The molecule has 0 fully saturated rings. The first kappa shape index (κ1) is 21.7. The van der Waals surface area contributed by atoms with Crippen LogP contribution in [0.2, 0.25) is 10.0 Å². The van der Waals surface area contributed by atoms with Gasteiger partial charge in [-0.3, -0.25) is 9.52 Å². The van der Waals surface area contributed by atoms with Gasteiger partial charge in [-0.05, 0) is 55.0 Å². The highest BCUT2D eigenvalue weighted by Gasteiger charge is 2.27. The van der Waals surface area contributed by atoms with E-state index < -0.39 is 10.0 Å². The normalized spacial score (nSPS) is 16.1. The third kappa shape index (κ3) is 4.59. The number of fused-ring (bicyclic) bond motifs is 1. The molecule has 0 saturated heterocycles. The summed E-state index contributed by atoms with van der Waals surface area (Å²) in [5.41, 5.74) is 2.34. The number of hydrogen-bond acceptors (Lipinski definition) is 3. The first-order valence-electron chi connectivity index (χ1n) is 9.76. The van der Waals surface area contributed by atoms with Crippen molar-refractivity contribution < 1.29 is 13.2 Å². The molecule has 162 valence electrons. The number of nitrogens with zero attached hydrogens (tertiary/aromatic N) is 2. The number of aromatic nitrogens is 1. The molecule has 1 aliphatic rings. The molecule has 3 aromatic rings. The van der Waals surface area contributed by atoms with Crippen LogP contribution in [0.1, 0.15) is 24.2 Å². The van der Waals surface area contributed by atoms with Crippen LogP contribution in [0.15, 0.2) is 65.7 Å². The number of anilines is 1. The Hall–Kier alpha value is -2.48. The Bertz CT molecular complexity index is 1220. The Morgan fingerprint density at radius 2 is 1.81 bits per heavy atom. The molecule has 1 aromatic heterocycles. The Balaban J connectivity index is 1.42. The van der Waals surface area contributed by atoms with E-state index in [0.29, 0.717) is 12.2 Å². The maximum Gasteiger partial charge on any atom is 0.261 e. The van der Waals surface area contributed by atoms with Crippen LogP contribution in [0.4, 0.5) is 5.69 Å². The summed E-state index contributed by atoms with van der Waals surface area (Å²) in [4.78, 5) is 14.8. The number of sulfonamides is 1. The van der Waals surface area contributed by atoms with Crippen LogP contribution in [-0.4, -0.2) is 30.3 Å². The maximum absolute atomic E-state index is 12.8. The van der Waals surface area contributed by atoms with Crippen LogP contribution < -0.4 is 4.72 Å². The van der Waals surface area contributed by atoms with E-state index in [4.69, 9.17) is 23.2 Å². The number of hydrogen-bond donors (Lipinski definition) is 1. The van der Waals surface area contributed by atoms with Gasteiger partial charge < -0.3 is 9.47 Å². The summed E-state index contributed by atoms with van der Waals surface area (Å²) in [6, 6.07) is 15.0. The fourth-order valence-electron chi connectivity index (χ4n) is 3.74. The van der Waals surface area contributed by atoms with E-state index in [0.717, 1.165) is 17.8 Å². The van der Waals surface area contributed by atoms with Crippen molar-refractivity contribution >= 4 is 44.8 Å². The van der Waals surface area contributed by atoms with Gasteiger partial charge in [0.05, 0.1) is 27.4 Å². The number of nitrogens with one attached hydrogen (secondary N) is 1. The Labute approximate surface area is 191 Å². The second kappa shape index (κ2) is 8.57. The second-order valence-electron chi connectivity index (χ2n) is 7.44. The van der Waals surface area contributed by atoms with Crippen molar-refractivity contribution in [3.05, 3.63) is 82.1 Å². The first-order valence-corrected chi connectivity index (χ1v) is 12.0. The minimum atomic E-state index is -3.81. The number of rotatable bonds is 5. The maximum atomic E-state index is 12.8. The van der Waals surface area contributed by atoms with Crippen molar-refractivity contribution in [1.29, 1.82) is 0 Å². The Morgan fingerprint density at radius 3 is 2.52 bits per heavy atom. The van der Waals surface area contributed by atoms with Gasteiger partial charge in [-0.1, -0.05) is 35.3 Å². The van der Waals surface area contributed by atoms with E-state index >= 15 is 0 Å². The predicted molar refractivity (Wildman–Crippen MR) is 122 cm³/mol. The number of amides is 1. The lowest BCUT2D eigenvalue weighted by Crippen LogP contribution is -2.41. The zero-order chi connectivity index (χ0) is 22.2. The number of carbonyl (C=O) groups is 1. The van der Waals surface area contributed by atoms with Gasteiger partial charge in [0.15, 0.2) is 0 Å². The number of carbonyl (C=O) groups excluding carboxylic acids is 1. The molecule has 31 heavy (non-hydrogen) atoms. The highest BCUT2D eigenvalue weighted by Crippen LogP contribution is 2.27. The fourth-order valence-corrected chi connectivity index (χ4v) is 5.19. The van der Waals surface area contributed by atoms with E-state index in [-0.39, 0.29) is 33.3 Å². The van der Waals surface area contributed by atoms with Gasteiger partial charge in [-0.15, -0.1) is 0 Å². The van der Waals surface area contributed by atoms with Crippen LogP contribution in [0.3, 0.4) is 0 Å². The SMILES string of the molecule is CC1c2cccn2CCN1C(=O)Cc1ccc(NS(=O)(=O)c2ccc(Cl)c(Cl)c2)cc1. The van der Waals surface area contributed by atoms with Crippen LogP contribution in [0.5, 0.6) is 0 Å². The molecule has 2 aromatic carbocycles. The second-order valence-corrected chi connectivity index (χ2v) is 9.94.